The molecule has 2 heterocycles. The third-order valence-electron chi connectivity index (χ3n) is 7.54. The predicted octanol–water partition coefficient (Wildman–Crippen LogP) is 5.45. The van der Waals surface area contributed by atoms with Crippen molar-refractivity contribution in [2.75, 3.05) is 6.61 Å². The number of aliphatic hydroxyl groups is 1. The molecule has 6 unspecified atom stereocenters. The minimum atomic E-state index is -0.573. The summed E-state index contributed by atoms with van der Waals surface area (Å²) in [4.78, 5) is 16.1. The highest BCUT2D eigenvalue weighted by Gasteiger charge is 2.40. The first-order chi connectivity index (χ1) is 15.5. The van der Waals surface area contributed by atoms with E-state index < -0.39 is 6.10 Å². The SMILES string of the molecule is C=CC1CCC2CCCC(C(C=C)C(O)CCC(=O)CCCc3ccncc3F)C2CO1. The van der Waals surface area contributed by atoms with Crippen LogP contribution < -0.4 is 0 Å². The minimum Gasteiger partial charge on any atom is -0.392 e. The van der Waals surface area contributed by atoms with Crippen molar-refractivity contribution in [2.45, 2.75) is 76.4 Å². The van der Waals surface area contributed by atoms with Crippen LogP contribution in [0.2, 0.25) is 0 Å². The maximum Gasteiger partial charge on any atom is 0.144 e. The highest BCUT2D eigenvalue weighted by Crippen LogP contribution is 2.44. The molecule has 0 spiro atoms. The third-order valence-corrected chi connectivity index (χ3v) is 7.54. The molecule has 0 amide bonds. The van der Waals surface area contributed by atoms with Crippen LogP contribution in [-0.2, 0) is 16.0 Å². The number of Topliss-reactive ketones (excluding diaryl/α,β-unsaturated/α-hetero) is 1. The molecule has 0 radical (unpaired) electrons. The van der Waals surface area contributed by atoms with Crippen molar-refractivity contribution in [3.05, 3.63) is 55.2 Å². The lowest BCUT2D eigenvalue weighted by molar-refractivity contribution is -0.120. The van der Waals surface area contributed by atoms with Crippen molar-refractivity contribution in [3.8, 4) is 0 Å². The van der Waals surface area contributed by atoms with Crippen molar-refractivity contribution in [1.82, 2.24) is 4.98 Å². The van der Waals surface area contributed by atoms with Gasteiger partial charge in [-0.1, -0.05) is 25.0 Å². The van der Waals surface area contributed by atoms with E-state index in [0.29, 0.717) is 62.0 Å². The van der Waals surface area contributed by atoms with Gasteiger partial charge in [-0.25, -0.2) is 4.39 Å². The quantitative estimate of drug-likeness (QED) is 0.462. The van der Waals surface area contributed by atoms with Crippen molar-refractivity contribution in [1.29, 1.82) is 0 Å². The van der Waals surface area contributed by atoms with E-state index in [4.69, 9.17) is 4.74 Å². The van der Waals surface area contributed by atoms with E-state index in [1.54, 1.807) is 12.3 Å². The van der Waals surface area contributed by atoms with Crippen LogP contribution in [0.25, 0.3) is 0 Å². The van der Waals surface area contributed by atoms with Gasteiger partial charge in [0, 0.05) is 25.0 Å². The maximum absolute atomic E-state index is 13.7. The average molecular weight is 444 g/mol. The largest absolute Gasteiger partial charge is 0.392 e. The summed E-state index contributed by atoms with van der Waals surface area (Å²) in [5, 5.41) is 11.0. The van der Waals surface area contributed by atoms with Crippen LogP contribution in [0.15, 0.2) is 43.8 Å². The molecule has 1 aromatic rings. The standard InChI is InChI=1S/C27H38FNO3/c1-3-22-13-11-19-7-6-10-24(25(19)18-32-22)23(4-2)27(31)14-12-21(30)9-5-8-20-15-16-29-17-26(20)28/h3-4,15-17,19,22-25,27,31H,1-2,5-14,18H2. The molecule has 3 rings (SSSR count). The van der Waals surface area contributed by atoms with Gasteiger partial charge >= 0.3 is 0 Å². The molecule has 5 heteroatoms. The number of rotatable bonds is 11. The lowest BCUT2D eigenvalue weighted by Crippen LogP contribution is -2.39. The molecule has 1 N–H and O–H groups in total. The summed E-state index contributed by atoms with van der Waals surface area (Å²) in [6, 6.07) is 1.66. The average Bonchev–Trinajstić information content (AvgIpc) is 3.02. The van der Waals surface area contributed by atoms with Crippen LogP contribution >= 0.6 is 0 Å². The van der Waals surface area contributed by atoms with Gasteiger partial charge in [0.25, 0.3) is 0 Å². The van der Waals surface area contributed by atoms with E-state index >= 15 is 0 Å². The molecule has 1 saturated carbocycles. The summed E-state index contributed by atoms with van der Waals surface area (Å²) in [6.07, 6.45) is 14.1. The molecule has 4 nitrogen and oxygen atoms in total. The number of carbonyl (C=O) groups excluding carboxylic acids is 1. The lowest BCUT2D eigenvalue weighted by atomic mass is 9.65. The number of aliphatic hydroxyl groups excluding tert-OH is 1. The number of hydrogen-bond acceptors (Lipinski definition) is 4. The summed E-state index contributed by atoms with van der Waals surface area (Å²) in [5.41, 5.74) is 0.593. The molecule has 0 aromatic carbocycles. The van der Waals surface area contributed by atoms with Gasteiger partial charge in [-0.3, -0.25) is 9.78 Å². The van der Waals surface area contributed by atoms with Crippen molar-refractivity contribution < 1.29 is 19.0 Å². The Balaban J connectivity index is 1.48. The van der Waals surface area contributed by atoms with Crippen LogP contribution in [0.3, 0.4) is 0 Å². The first-order valence-electron chi connectivity index (χ1n) is 12.2. The lowest BCUT2D eigenvalue weighted by Gasteiger charge is -2.41. The van der Waals surface area contributed by atoms with Gasteiger partial charge < -0.3 is 9.84 Å². The molecule has 1 aliphatic carbocycles. The van der Waals surface area contributed by atoms with Gasteiger partial charge in [-0.05, 0) is 67.9 Å². The van der Waals surface area contributed by atoms with Gasteiger partial charge in [-0.2, -0.15) is 0 Å². The van der Waals surface area contributed by atoms with Crippen LogP contribution in [0, 0.1) is 29.5 Å². The number of fused-ring (bicyclic) bond motifs is 1. The predicted molar refractivity (Wildman–Crippen MR) is 125 cm³/mol. The molecular weight excluding hydrogens is 405 g/mol. The molecule has 6 atom stereocenters. The Hall–Kier alpha value is -1.85. The van der Waals surface area contributed by atoms with Crippen LogP contribution in [-0.4, -0.2) is 34.7 Å². The number of carbonyl (C=O) groups is 1. The molecule has 2 aliphatic rings. The van der Waals surface area contributed by atoms with Crippen LogP contribution in [0.4, 0.5) is 4.39 Å². The first-order valence-corrected chi connectivity index (χ1v) is 12.2. The van der Waals surface area contributed by atoms with E-state index in [0.717, 1.165) is 19.3 Å². The Morgan fingerprint density at radius 1 is 1.28 bits per heavy atom. The Bertz CT molecular complexity index is 767. The van der Waals surface area contributed by atoms with E-state index in [9.17, 15) is 14.3 Å². The zero-order chi connectivity index (χ0) is 22.9. The fraction of sp³-hybridized carbons (Fsp3) is 0.630. The number of nitrogens with zero attached hydrogens (tertiary/aromatic N) is 1. The van der Waals surface area contributed by atoms with Gasteiger partial charge in [0.2, 0.25) is 0 Å². The van der Waals surface area contributed by atoms with Gasteiger partial charge in [0.15, 0.2) is 0 Å². The molecule has 2 fully saturated rings. The van der Waals surface area contributed by atoms with E-state index in [-0.39, 0.29) is 23.6 Å². The first kappa shape index (κ1) is 24.8. The summed E-state index contributed by atoms with van der Waals surface area (Å²) >= 11 is 0. The number of ketones is 1. The maximum atomic E-state index is 13.7. The van der Waals surface area contributed by atoms with Gasteiger partial charge in [-0.15, -0.1) is 13.2 Å². The van der Waals surface area contributed by atoms with Crippen molar-refractivity contribution in [3.63, 3.8) is 0 Å². The molecule has 32 heavy (non-hydrogen) atoms. The second kappa shape index (κ2) is 12.4. The normalized spacial score (nSPS) is 27.6. The van der Waals surface area contributed by atoms with Crippen LogP contribution in [0.1, 0.15) is 63.4 Å². The number of hydrogen-bond donors (Lipinski definition) is 1. The molecule has 176 valence electrons. The highest BCUT2D eigenvalue weighted by molar-refractivity contribution is 5.78. The zero-order valence-electron chi connectivity index (χ0n) is 19.1. The Morgan fingerprint density at radius 2 is 2.12 bits per heavy atom. The van der Waals surface area contributed by atoms with Crippen LogP contribution in [0.5, 0.6) is 0 Å². The van der Waals surface area contributed by atoms with Gasteiger partial charge in [0.05, 0.1) is 25.0 Å². The van der Waals surface area contributed by atoms with Gasteiger partial charge in [0.1, 0.15) is 11.6 Å². The van der Waals surface area contributed by atoms with E-state index in [1.807, 2.05) is 12.2 Å². The molecular formula is C27H38FNO3. The van der Waals surface area contributed by atoms with Crippen molar-refractivity contribution >= 4 is 5.78 Å². The number of halogens is 1. The Kier molecular flexibility index (Phi) is 9.61. The second-order valence-electron chi connectivity index (χ2n) is 9.48. The Morgan fingerprint density at radius 3 is 2.88 bits per heavy atom. The fourth-order valence-corrected chi connectivity index (χ4v) is 5.70. The summed E-state index contributed by atoms with van der Waals surface area (Å²) in [7, 11) is 0. The minimum absolute atomic E-state index is 0.0228. The Labute approximate surface area is 192 Å². The number of aromatic nitrogens is 1. The zero-order valence-corrected chi connectivity index (χ0v) is 19.1. The fourth-order valence-electron chi connectivity index (χ4n) is 5.70. The smallest absolute Gasteiger partial charge is 0.144 e. The van der Waals surface area contributed by atoms with E-state index in [2.05, 4.69) is 18.1 Å². The number of pyridine rings is 1. The van der Waals surface area contributed by atoms with E-state index in [1.165, 1.54) is 19.0 Å². The summed E-state index contributed by atoms with van der Waals surface area (Å²) < 4.78 is 19.7. The monoisotopic (exact) mass is 443 g/mol. The summed E-state index contributed by atoms with van der Waals surface area (Å²) in [6.45, 7) is 8.63. The third kappa shape index (κ3) is 6.58. The molecule has 1 aliphatic heterocycles. The number of ether oxygens (including phenoxy) is 1. The molecule has 0 bridgehead atoms. The number of aryl methyl sites for hydroxylation is 1. The van der Waals surface area contributed by atoms with Crippen molar-refractivity contribution in [2.24, 2.45) is 23.7 Å². The highest BCUT2D eigenvalue weighted by atomic mass is 19.1. The topological polar surface area (TPSA) is 59.4 Å². The molecule has 1 saturated heterocycles. The molecule has 1 aromatic heterocycles. The second-order valence-corrected chi connectivity index (χ2v) is 9.48. The summed E-state index contributed by atoms with van der Waals surface area (Å²) in [5.74, 6) is 1.17.